The molecule has 0 bridgehead atoms. The second kappa shape index (κ2) is 12.1. The molecule has 210 valence electrons. The highest BCUT2D eigenvalue weighted by Gasteiger charge is 2.41. The van der Waals surface area contributed by atoms with E-state index in [0.29, 0.717) is 21.4 Å². The third-order valence-corrected chi connectivity index (χ3v) is 7.79. The Balaban J connectivity index is 1.81. The standard InChI is InChI=1S/C23H29N7O7S2/c1-36-22(33)29-23(7-8-39(2,34)35,10-13-3-5-16-15(9-13)20(26)30-37-16)21(32)28-12-18(31)27-11-14-4-6-17(38-14)19(24)25/h3-6,9H,7-8,10-12H2,1-2H3,(H3,24,25)(H2,26,30)(H,27,31)(H,28,32)(H,29,33). The Kier molecular flexibility index (Phi) is 9.13. The maximum absolute atomic E-state index is 13.5. The van der Waals surface area contributed by atoms with Gasteiger partial charge in [-0.1, -0.05) is 11.2 Å². The second-order valence-electron chi connectivity index (χ2n) is 8.79. The van der Waals surface area contributed by atoms with Crippen molar-refractivity contribution < 1.29 is 32.1 Å². The van der Waals surface area contributed by atoms with Crippen LogP contribution >= 0.6 is 11.3 Å². The first-order valence-corrected chi connectivity index (χ1v) is 14.4. The molecule has 14 nitrogen and oxygen atoms in total. The van der Waals surface area contributed by atoms with Crippen LogP contribution in [0.15, 0.2) is 34.9 Å². The Morgan fingerprint density at radius 1 is 1.21 bits per heavy atom. The summed E-state index contributed by atoms with van der Waals surface area (Å²) >= 11 is 1.24. The maximum atomic E-state index is 13.5. The van der Waals surface area contributed by atoms with Gasteiger partial charge in [0.1, 0.15) is 21.2 Å². The van der Waals surface area contributed by atoms with Gasteiger partial charge in [0.15, 0.2) is 11.4 Å². The van der Waals surface area contributed by atoms with E-state index in [2.05, 4.69) is 21.1 Å². The molecule has 0 radical (unpaired) electrons. The number of nitrogen functional groups attached to an aromatic ring is 2. The van der Waals surface area contributed by atoms with Crippen LogP contribution in [0.5, 0.6) is 0 Å². The van der Waals surface area contributed by atoms with Crippen molar-refractivity contribution in [3.05, 3.63) is 45.6 Å². The monoisotopic (exact) mass is 579 g/mol. The van der Waals surface area contributed by atoms with Crippen LogP contribution in [-0.4, -0.2) is 68.5 Å². The van der Waals surface area contributed by atoms with E-state index < -0.39 is 45.6 Å². The molecule has 16 heteroatoms. The lowest BCUT2D eigenvalue weighted by atomic mass is 9.86. The number of thiophene rings is 1. The third kappa shape index (κ3) is 7.90. The summed E-state index contributed by atoms with van der Waals surface area (Å²) in [5, 5.41) is 19.2. The van der Waals surface area contributed by atoms with Gasteiger partial charge in [0.25, 0.3) is 0 Å². The van der Waals surface area contributed by atoms with E-state index >= 15 is 0 Å². The summed E-state index contributed by atoms with van der Waals surface area (Å²) in [7, 11) is -2.45. The number of carbonyl (C=O) groups is 3. The van der Waals surface area contributed by atoms with Crippen LogP contribution in [0, 0.1) is 5.41 Å². The van der Waals surface area contributed by atoms with Gasteiger partial charge < -0.3 is 36.7 Å². The maximum Gasteiger partial charge on any atom is 0.407 e. The molecule has 0 spiro atoms. The van der Waals surface area contributed by atoms with Crippen LogP contribution in [0.2, 0.25) is 0 Å². The molecular weight excluding hydrogens is 550 g/mol. The SMILES string of the molecule is COC(=O)NC(CCS(C)(=O)=O)(Cc1ccc2onc(N)c2c1)C(=O)NCC(=O)NCc1ccc(C(=N)N)s1. The summed E-state index contributed by atoms with van der Waals surface area (Å²) in [4.78, 5) is 39.6. The second-order valence-corrected chi connectivity index (χ2v) is 12.2. The zero-order valence-corrected chi connectivity index (χ0v) is 22.8. The molecule has 0 saturated carbocycles. The smallest absolute Gasteiger partial charge is 0.407 e. The molecule has 2 heterocycles. The van der Waals surface area contributed by atoms with Crippen molar-refractivity contribution in [3.63, 3.8) is 0 Å². The van der Waals surface area contributed by atoms with Gasteiger partial charge in [-0.25, -0.2) is 13.2 Å². The average molecular weight is 580 g/mol. The molecule has 39 heavy (non-hydrogen) atoms. The molecular formula is C23H29N7O7S2. The van der Waals surface area contributed by atoms with E-state index in [-0.39, 0.29) is 31.0 Å². The number of alkyl carbamates (subject to hydrolysis) is 1. The molecule has 1 atom stereocenters. The first-order chi connectivity index (χ1) is 18.3. The molecule has 0 saturated heterocycles. The summed E-state index contributed by atoms with van der Waals surface area (Å²) in [6, 6.07) is 8.20. The number of fused-ring (bicyclic) bond motifs is 1. The van der Waals surface area contributed by atoms with Gasteiger partial charge in [-0.15, -0.1) is 11.3 Å². The number of benzene rings is 1. The Morgan fingerprint density at radius 2 is 1.95 bits per heavy atom. The quantitative estimate of drug-likeness (QED) is 0.126. The number of hydrogen-bond acceptors (Lipinski definition) is 11. The molecule has 0 aliphatic heterocycles. The molecule has 3 amide bonds. The topological polar surface area (TPSA) is 233 Å². The zero-order chi connectivity index (χ0) is 28.8. The lowest BCUT2D eigenvalue weighted by molar-refractivity contribution is -0.130. The van der Waals surface area contributed by atoms with E-state index in [0.717, 1.165) is 18.2 Å². The number of carbonyl (C=O) groups excluding carboxylic acids is 3. The highest BCUT2D eigenvalue weighted by molar-refractivity contribution is 7.90. The minimum Gasteiger partial charge on any atom is -0.453 e. The molecule has 0 aliphatic rings. The fraction of sp³-hybridized carbons (Fsp3) is 0.348. The number of amides is 3. The van der Waals surface area contributed by atoms with E-state index in [1.807, 2.05) is 0 Å². The molecule has 1 unspecified atom stereocenters. The summed E-state index contributed by atoms with van der Waals surface area (Å²) < 4.78 is 33.9. The summed E-state index contributed by atoms with van der Waals surface area (Å²) in [6.07, 6.45) is -0.427. The minimum atomic E-state index is -3.55. The number of sulfone groups is 1. The number of rotatable bonds is 12. The Labute approximate surface area is 227 Å². The van der Waals surface area contributed by atoms with Gasteiger partial charge in [-0.3, -0.25) is 15.0 Å². The predicted octanol–water partition coefficient (Wildman–Crippen LogP) is 0.260. The van der Waals surface area contributed by atoms with Crippen molar-refractivity contribution in [2.75, 3.05) is 31.4 Å². The van der Waals surface area contributed by atoms with Crippen LogP contribution in [0.25, 0.3) is 11.0 Å². The van der Waals surface area contributed by atoms with Gasteiger partial charge in [0.2, 0.25) is 11.8 Å². The van der Waals surface area contributed by atoms with E-state index in [1.165, 1.54) is 11.3 Å². The zero-order valence-electron chi connectivity index (χ0n) is 21.2. The van der Waals surface area contributed by atoms with Crippen molar-refractivity contribution in [1.29, 1.82) is 5.41 Å². The first-order valence-electron chi connectivity index (χ1n) is 11.5. The van der Waals surface area contributed by atoms with Gasteiger partial charge in [-0.2, -0.15) is 0 Å². The van der Waals surface area contributed by atoms with Crippen LogP contribution in [0.4, 0.5) is 10.6 Å². The molecule has 3 rings (SSSR count). The predicted molar refractivity (Wildman–Crippen MR) is 145 cm³/mol. The molecule has 2 aromatic heterocycles. The first kappa shape index (κ1) is 29.4. The molecule has 8 N–H and O–H groups in total. The average Bonchev–Trinajstić information content (AvgIpc) is 3.51. The molecule has 1 aromatic carbocycles. The number of nitrogens with two attached hydrogens (primary N) is 2. The Bertz CT molecular complexity index is 1500. The van der Waals surface area contributed by atoms with E-state index in [4.69, 9.17) is 26.1 Å². The molecule has 0 aliphatic carbocycles. The van der Waals surface area contributed by atoms with E-state index in [1.54, 1.807) is 30.3 Å². The highest BCUT2D eigenvalue weighted by atomic mass is 32.2. The number of methoxy groups -OCH3 is 1. The molecule has 3 aromatic rings. The number of hydrogen-bond donors (Lipinski definition) is 6. The number of ether oxygens (including phenoxy) is 1. The van der Waals surface area contributed by atoms with Crippen LogP contribution in [0.3, 0.4) is 0 Å². The number of amidine groups is 1. The highest BCUT2D eigenvalue weighted by Crippen LogP contribution is 2.26. The van der Waals surface area contributed by atoms with Crippen LogP contribution in [0.1, 0.15) is 21.7 Å². The molecule has 0 fully saturated rings. The van der Waals surface area contributed by atoms with Crippen molar-refractivity contribution in [3.8, 4) is 0 Å². The van der Waals surface area contributed by atoms with Crippen LogP contribution < -0.4 is 27.4 Å². The van der Waals surface area contributed by atoms with Crippen LogP contribution in [-0.2, 0) is 37.1 Å². The van der Waals surface area contributed by atoms with Crippen molar-refractivity contribution in [2.45, 2.75) is 24.9 Å². The Morgan fingerprint density at radius 3 is 2.59 bits per heavy atom. The summed E-state index contributed by atoms with van der Waals surface area (Å²) in [5.41, 5.74) is 10.4. The number of aromatic nitrogens is 1. The van der Waals surface area contributed by atoms with Crippen molar-refractivity contribution in [1.82, 2.24) is 21.1 Å². The lowest BCUT2D eigenvalue weighted by Crippen LogP contribution is -2.61. The minimum absolute atomic E-state index is 0.0840. The summed E-state index contributed by atoms with van der Waals surface area (Å²) in [6.45, 7) is -0.308. The Hall–Kier alpha value is -4.18. The summed E-state index contributed by atoms with van der Waals surface area (Å²) in [5.74, 6) is -1.73. The lowest BCUT2D eigenvalue weighted by Gasteiger charge is -2.33. The number of nitrogens with zero attached hydrogens (tertiary/aromatic N) is 1. The number of nitrogens with one attached hydrogen (secondary N) is 4. The largest absolute Gasteiger partial charge is 0.453 e. The van der Waals surface area contributed by atoms with Gasteiger partial charge in [0, 0.05) is 17.6 Å². The van der Waals surface area contributed by atoms with Crippen molar-refractivity contribution >= 4 is 61.7 Å². The van der Waals surface area contributed by atoms with Gasteiger partial charge >= 0.3 is 6.09 Å². The van der Waals surface area contributed by atoms with Gasteiger partial charge in [-0.05, 0) is 36.2 Å². The van der Waals surface area contributed by atoms with Gasteiger partial charge in [0.05, 0.1) is 36.2 Å². The third-order valence-electron chi connectivity index (χ3n) is 5.73. The fourth-order valence-electron chi connectivity index (χ4n) is 3.71. The normalized spacial score (nSPS) is 12.9. The fourth-order valence-corrected chi connectivity index (χ4v) is 5.24. The van der Waals surface area contributed by atoms with E-state index in [9.17, 15) is 22.8 Å². The van der Waals surface area contributed by atoms with Crippen molar-refractivity contribution in [2.24, 2.45) is 5.73 Å². The number of anilines is 1.